The molecule has 0 saturated carbocycles. The van der Waals surface area contributed by atoms with E-state index in [0.29, 0.717) is 18.5 Å². The fourth-order valence-corrected chi connectivity index (χ4v) is 1.60. The zero-order valence-electron chi connectivity index (χ0n) is 12.0. The van der Waals surface area contributed by atoms with Crippen molar-refractivity contribution in [1.82, 2.24) is 0 Å². The van der Waals surface area contributed by atoms with Gasteiger partial charge in [0.05, 0.1) is 11.8 Å². The predicted octanol–water partition coefficient (Wildman–Crippen LogP) is 2.12. The standard InChI is InChI=1S/C14H22N2O4/c1-14(2,3)20-13(19)16-10-8-9(4-5-12(10)18)11(17)6-7-15/h4-5,8,11,17-18H,6-7,15H2,1-3H3,(H,16,19). The second-order valence-electron chi connectivity index (χ2n) is 5.50. The van der Waals surface area contributed by atoms with Crippen LogP contribution in [0, 0.1) is 0 Å². The van der Waals surface area contributed by atoms with Crippen molar-refractivity contribution < 1.29 is 19.7 Å². The third kappa shape index (κ3) is 5.07. The number of carbonyl (C=O) groups excluding carboxylic acids is 1. The third-order valence-corrected chi connectivity index (χ3v) is 2.48. The molecule has 6 heteroatoms. The lowest BCUT2D eigenvalue weighted by Gasteiger charge is -2.20. The summed E-state index contributed by atoms with van der Waals surface area (Å²) in [6.45, 7) is 5.58. The lowest BCUT2D eigenvalue weighted by atomic mass is 10.1. The van der Waals surface area contributed by atoms with Crippen molar-refractivity contribution in [2.24, 2.45) is 5.73 Å². The van der Waals surface area contributed by atoms with Crippen LogP contribution in [0.1, 0.15) is 38.9 Å². The zero-order chi connectivity index (χ0) is 15.3. The van der Waals surface area contributed by atoms with Crippen LogP contribution in [-0.4, -0.2) is 28.5 Å². The van der Waals surface area contributed by atoms with Crippen LogP contribution in [0.2, 0.25) is 0 Å². The fourth-order valence-electron chi connectivity index (χ4n) is 1.60. The van der Waals surface area contributed by atoms with Crippen molar-refractivity contribution >= 4 is 11.8 Å². The molecule has 0 aromatic heterocycles. The lowest BCUT2D eigenvalue weighted by Crippen LogP contribution is -2.27. The topological polar surface area (TPSA) is 105 Å². The Morgan fingerprint density at radius 1 is 1.45 bits per heavy atom. The summed E-state index contributed by atoms with van der Waals surface area (Å²) in [5, 5.41) is 22.0. The molecule has 1 unspecified atom stereocenters. The van der Waals surface area contributed by atoms with E-state index in [1.54, 1.807) is 26.8 Å². The van der Waals surface area contributed by atoms with Gasteiger partial charge in [0.25, 0.3) is 0 Å². The molecule has 0 radical (unpaired) electrons. The summed E-state index contributed by atoms with van der Waals surface area (Å²) < 4.78 is 5.10. The number of aliphatic hydroxyl groups excluding tert-OH is 1. The van der Waals surface area contributed by atoms with Gasteiger partial charge in [-0.1, -0.05) is 6.07 Å². The number of carbonyl (C=O) groups is 1. The lowest BCUT2D eigenvalue weighted by molar-refractivity contribution is 0.0635. The highest BCUT2D eigenvalue weighted by atomic mass is 16.6. The maximum absolute atomic E-state index is 11.7. The monoisotopic (exact) mass is 282 g/mol. The number of anilines is 1. The number of rotatable bonds is 4. The Morgan fingerprint density at radius 2 is 2.10 bits per heavy atom. The Kier molecular flexibility index (Phi) is 5.35. The van der Waals surface area contributed by atoms with Crippen LogP contribution in [0.4, 0.5) is 10.5 Å². The van der Waals surface area contributed by atoms with E-state index in [0.717, 1.165) is 0 Å². The van der Waals surface area contributed by atoms with E-state index in [1.807, 2.05) is 0 Å². The van der Waals surface area contributed by atoms with Crippen molar-refractivity contribution in [2.75, 3.05) is 11.9 Å². The van der Waals surface area contributed by atoms with E-state index in [2.05, 4.69) is 5.32 Å². The minimum Gasteiger partial charge on any atom is -0.506 e. The third-order valence-electron chi connectivity index (χ3n) is 2.48. The van der Waals surface area contributed by atoms with Crippen LogP contribution in [0.15, 0.2) is 18.2 Å². The number of ether oxygens (including phenoxy) is 1. The molecule has 1 atom stereocenters. The minimum absolute atomic E-state index is 0.0976. The molecule has 6 nitrogen and oxygen atoms in total. The molecule has 112 valence electrons. The van der Waals surface area contributed by atoms with Crippen LogP contribution in [-0.2, 0) is 4.74 Å². The molecule has 0 spiro atoms. The summed E-state index contributed by atoms with van der Waals surface area (Å²) in [7, 11) is 0. The maximum atomic E-state index is 11.7. The number of benzene rings is 1. The van der Waals surface area contributed by atoms with Crippen LogP contribution in [0.25, 0.3) is 0 Å². The SMILES string of the molecule is CC(C)(C)OC(=O)Nc1cc(C(O)CCN)ccc1O. The first-order valence-electron chi connectivity index (χ1n) is 6.44. The molecule has 0 fully saturated rings. The summed E-state index contributed by atoms with van der Waals surface area (Å²) in [5.41, 5.74) is 5.51. The summed E-state index contributed by atoms with van der Waals surface area (Å²) in [4.78, 5) is 11.7. The van der Waals surface area contributed by atoms with Gasteiger partial charge < -0.3 is 20.7 Å². The number of hydrogen-bond acceptors (Lipinski definition) is 5. The smallest absolute Gasteiger partial charge is 0.412 e. The molecule has 0 aliphatic rings. The Balaban J connectivity index is 2.84. The number of aliphatic hydroxyl groups is 1. The van der Waals surface area contributed by atoms with E-state index in [-0.39, 0.29) is 11.4 Å². The van der Waals surface area contributed by atoms with Gasteiger partial charge in [-0.15, -0.1) is 0 Å². The average Bonchev–Trinajstić information content (AvgIpc) is 2.29. The van der Waals surface area contributed by atoms with Crippen molar-refractivity contribution in [1.29, 1.82) is 0 Å². The number of phenols is 1. The summed E-state index contributed by atoms with van der Waals surface area (Å²) in [6, 6.07) is 4.48. The Bertz CT molecular complexity index is 469. The van der Waals surface area contributed by atoms with Gasteiger partial charge >= 0.3 is 6.09 Å². The van der Waals surface area contributed by atoms with Gasteiger partial charge in [-0.3, -0.25) is 5.32 Å². The molecule has 1 aromatic rings. The van der Waals surface area contributed by atoms with Gasteiger partial charge in [-0.2, -0.15) is 0 Å². The predicted molar refractivity (Wildman–Crippen MR) is 76.6 cm³/mol. The van der Waals surface area contributed by atoms with Gasteiger partial charge in [-0.05, 0) is 51.4 Å². The van der Waals surface area contributed by atoms with Gasteiger partial charge in [-0.25, -0.2) is 4.79 Å². The highest BCUT2D eigenvalue weighted by molar-refractivity contribution is 5.87. The second kappa shape index (κ2) is 6.58. The van der Waals surface area contributed by atoms with Crippen molar-refractivity contribution in [3.8, 4) is 5.75 Å². The van der Waals surface area contributed by atoms with E-state index in [1.165, 1.54) is 12.1 Å². The van der Waals surface area contributed by atoms with Gasteiger partial charge in [0.2, 0.25) is 0 Å². The van der Waals surface area contributed by atoms with E-state index >= 15 is 0 Å². The number of aromatic hydroxyl groups is 1. The number of amides is 1. The molecule has 0 aliphatic carbocycles. The Labute approximate surface area is 118 Å². The molecule has 0 aliphatic heterocycles. The van der Waals surface area contributed by atoms with E-state index in [4.69, 9.17) is 10.5 Å². The zero-order valence-corrected chi connectivity index (χ0v) is 12.0. The average molecular weight is 282 g/mol. The molecular formula is C14H22N2O4. The van der Waals surface area contributed by atoms with Gasteiger partial charge in [0.15, 0.2) is 0 Å². The van der Waals surface area contributed by atoms with E-state index in [9.17, 15) is 15.0 Å². The van der Waals surface area contributed by atoms with Crippen molar-refractivity contribution in [2.45, 2.75) is 38.9 Å². The van der Waals surface area contributed by atoms with Crippen LogP contribution in [0.3, 0.4) is 0 Å². The summed E-state index contributed by atoms with van der Waals surface area (Å²) in [5.74, 6) is -0.0976. The Morgan fingerprint density at radius 3 is 2.65 bits per heavy atom. The number of hydrogen-bond donors (Lipinski definition) is 4. The van der Waals surface area contributed by atoms with Crippen LogP contribution >= 0.6 is 0 Å². The quantitative estimate of drug-likeness (QED) is 0.633. The Hall–Kier alpha value is -1.79. The van der Waals surface area contributed by atoms with Crippen LogP contribution in [0.5, 0.6) is 5.75 Å². The molecule has 1 amide bonds. The summed E-state index contributed by atoms with van der Waals surface area (Å²) in [6.07, 6.45) is -1.01. The number of nitrogens with one attached hydrogen (secondary N) is 1. The van der Waals surface area contributed by atoms with Gasteiger partial charge in [0, 0.05) is 0 Å². The molecule has 0 heterocycles. The highest BCUT2D eigenvalue weighted by Gasteiger charge is 2.18. The molecule has 0 saturated heterocycles. The highest BCUT2D eigenvalue weighted by Crippen LogP contribution is 2.28. The molecule has 1 rings (SSSR count). The molecule has 1 aromatic carbocycles. The van der Waals surface area contributed by atoms with E-state index < -0.39 is 17.8 Å². The number of nitrogens with two attached hydrogens (primary N) is 1. The van der Waals surface area contributed by atoms with Crippen molar-refractivity contribution in [3.05, 3.63) is 23.8 Å². The van der Waals surface area contributed by atoms with Crippen LogP contribution < -0.4 is 11.1 Å². The normalized spacial score (nSPS) is 12.8. The minimum atomic E-state index is -0.736. The number of phenolic OH excluding ortho intramolecular Hbond substituents is 1. The molecule has 20 heavy (non-hydrogen) atoms. The molecule has 5 N–H and O–H groups in total. The fraction of sp³-hybridized carbons (Fsp3) is 0.500. The molecular weight excluding hydrogens is 260 g/mol. The van der Waals surface area contributed by atoms with Crippen molar-refractivity contribution in [3.63, 3.8) is 0 Å². The largest absolute Gasteiger partial charge is 0.506 e. The summed E-state index contributed by atoms with van der Waals surface area (Å²) >= 11 is 0. The maximum Gasteiger partial charge on any atom is 0.412 e. The first-order valence-corrected chi connectivity index (χ1v) is 6.44. The molecule has 0 bridgehead atoms. The first-order chi connectivity index (χ1) is 9.23. The van der Waals surface area contributed by atoms with Gasteiger partial charge in [0.1, 0.15) is 11.4 Å². The second-order valence-corrected chi connectivity index (χ2v) is 5.50. The first kappa shape index (κ1) is 16.3.